The van der Waals surface area contributed by atoms with E-state index >= 15 is 0 Å². The summed E-state index contributed by atoms with van der Waals surface area (Å²) < 4.78 is 17.0. The predicted molar refractivity (Wildman–Crippen MR) is 60.2 cm³/mol. The topological polar surface area (TPSA) is 59.4 Å². The number of aromatic nitrogens is 1. The van der Waals surface area contributed by atoms with E-state index in [0.717, 1.165) is 0 Å². The molecule has 88 valence electrons. The van der Waals surface area contributed by atoms with Crippen molar-refractivity contribution in [2.24, 2.45) is 0 Å². The van der Waals surface area contributed by atoms with Gasteiger partial charge in [-0.25, -0.2) is 9.18 Å². The zero-order valence-corrected chi connectivity index (χ0v) is 8.89. The Morgan fingerprint density at radius 3 is 2.94 bits per heavy atom. The van der Waals surface area contributed by atoms with Crippen LogP contribution in [0.1, 0.15) is 10.4 Å². The Morgan fingerprint density at radius 1 is 1.41 bits per heavy atom. The lowest BCUT2D eigenvalue weighted by atomic mass is 10.1. The quantitative estimate of drug-likeness (QED) is 0.883. The lowest BCUT2D eigenvalue weighted by molar-refractivity contribution is 0.0697. The fraction of sp³-hybridized carbons (Fsp3) is 0.167. The zero-order chi connectivity index (χ0) is 12.3. The second-order valence-corrected chi connectivity index (χ2v) is 3.42. The van der Waals surface area contributed by atoms with Gasteiger partial charge in [-0.15, -0.1) is 0 Å². The first-order valence-electron chi connectivity index (χ1n) is 5.02. The molecule has 0 saturated carbocycles. The molecule has 5 heteroatoms. The number of ether oxygens (including phenoxy) is 1. The van der Waals surface area contributed by atoms with Gasteiger partial charge in [-0.1, -0.05) is 0 Å². The van der Waals surface area contributed by atoms with Crippen molar-refractivity contribution in [1.82, 2.24) is 4.98 Å². The summed E-state index contributed by atoms with van der Waals surface area (Å²) in [7, 11) is 0. The summed E-state index contributed by atoms with van der Waals surface area (Å²) in [4.78, 5) is 14.9. The van der Waals surface area contributed by atoms with Gasteiger partial charge in [0.2, 0.25) is 0 Å². The monoisotopic (exact) mass is 235 g/mol. The standard InChI is InChI=1S/C12H10FNO3/c13-3-4-17-10-6-9-5-8(12(15)16)1-2-11(9)14-7-10/h1-2,5-7H,3-4H2,(H,15,16). The number of carbonyl (C=O) groups is 1. The highest BCUT2D eigenvalue weighted by Gasteiger charge is 2.05. The third kappa shape index (κ3) is 2.50. The number of carboxylic acids is 1. The third-order valence-corrected chi connectivity index (χ3v) is 2.25. The number of carboxylic acid groups (broad SMARTS) is 1. The van der Waals surface area contributed by atoms with Gasteiger partial charge in [0.25, 0.3) is 0 Å². The molecule has 0 aliphatic heterocycles. The van der Waals surface area contributed by atoms with Crippen LogP contribution in [0.15, 0.2) is 30.5 Å². The van der Waals surface area contributed by atoms with E-state index in [1.165, 1.54) is 18.3 Å². The highest BCUT2D eigenvalue weighted by atomic mass is 19.1. The van der Waals surface area contributed by atoms with Gasteiger partial charge in [-0.2, -0.15) is 0 Å². The normalized spacial score (nSPS) is 10.4. The number of fused-ring (bicyclic) bond motifs is 1. The molecule has 0 atom stereocenters. The minimum atomic E-state index is -0.998. The molecule has 0 spiro atoms. The average molecular weight is 235 g/mol. The maximum atomic E-state index is 11.9. The van der Waals surface area contributed by atoms with E-state index in [9.17, 15) is 9.18 Å². The molecule has 1 aromatic heterocycles. The summed E-state index contributed by atoms with van der Waals surface area (Å²) in [6.07, 6.45) is 1.48. The van der Waals surface area contributed by atoms with Crippen molar-refractivity contribution in [3.05, 3.63) is 36.0 Å². The van der Waals surface area contributed by atoms with Gasteiger partial charge < -0.3 is 9.84 Å². The Morgan fingerprint density at radius 2 is 2.24 bits per heavy atom. The van der Waals surface area contributed by atoms with Crippen molar-refractivity contribution in [2.75, 3.05) is 13.3 Å². The van der Waals surface area contributed by atoms with Crippen LogP contribution < -0.4 is 4.74 Å². The molecule has 0 bridgehead atoms. The molecule has 2 rings (SSSR count). The van der Waals surface area contributed by atoms with Crippen LogP contribution in [0.5, 0.6) is 5.75 Å². The number of halogens is 1. The number of pyridine rings is 1. The molecule has 1 aromatic carbocycles. The number of hydrogen-bond donors (Lipinski definition) is 1. The zero-order valence-electron chi connectivity index (χ0n) is 8.89. The van der Waals surface area contributed by atoms with Crippen LogP contribution in [0.25, 0.3) is 10.9 Å². The Kier molecular flexibility index (Phi) is 3.18. The summed E-state index contributed by atoms with van der Waals surface area (Å²) in [6.45, 7) is -0.612. The molecule has 17 heavy (non-hydrogen) atoms. The molecule has 0 aliphatic rings. The van der Waals surface area contributed by atoms with Crippen LogP contribution in [-0.4, -0.2) is 29.3 Å². The van der Waals surface area contributed by atoms with E-state index in [1.807, 2.05) is 0 Å². The van der Waals surface area contributed by atoms with Crippen molar-refractivity contribution >= 4 is 16.9 Å². The highest BCUT2D eigenvalue weighted by Crippen LogP contribution is 2.19. The fourth-order valence-corrected chi connectivity index (χ4v) is 1.48. The number of aromatic carboxylic acids is 1. The summed E-state index contributed by atoms with van der Waals surface area (Å²) in [6, 6.07) is 6.26. The second kappa shape index (κ2) is 4.78. The minimum Gasteiger partial charge on any atom is -0.489 e. The Balaban J connectivity index is 2.39. The highest BCUT2D eigenvalue weighted by molar-refractivity contribution is 5.93. The predicted octanol–water partition coefficient (Wildman–Crippen LogP) is 2.28. The third-order valence-electron chi connectivity index (χ3n) is 2.25. The molecule has 0 amide bonds. The van der Waals surface area contributed by atoms with E-state index in [4.69, 9.17) is 9.84 Å². The summed E-state index contributed by atoms with van der Waals surface area (Å²) in [5, 5.41) is 9.51. The maximum Gasteiger partial charge on any atom is 0.335 e. The van der Waals surface area contributed by atoms with Crippen LogP contribution in [0.3, 0.4) is 0 Å². The molecule has 0 radical (unpaired) electrons. The first-order chi connectivity index (χ1) is 8.20. The fourth-order valence-electron chi connectivity index (χ4n) is 1.48. The number of nitrogens with zero attached hydrogens (tertiary/aromatic N) is 1. The van der Waals surface area contributed by atoms with E-state index < -0.39 is 12.6 Å². The lowest BCUT2D eigenvalue weighted by Crippen LogP contribution is -1.99. The molecule has 0 fully saturated rings. The van der Waals surface area contributed by atoms with Crippen LogP contribution in [0.4, 0.5) is 4.39 Å². The van der Waals surface area contributed by atoms with Gasteiger partial charge in [0.05, 0.1) is 17.3 Å². The number of hydrogen-bond acceptors (Lipinski definition) is 3. The van der Waals surface area contributed by atoms with Crippen molar-refractivity contribution in [3.8, 4) is 5.75 Å². The molecular weight excluding hydrogens is 225 g/mol. The Hall–Kier alpha value is -2.17. The van der Waals surface area contributed by atoms with Gasteiger partial charge in [0.1, 0.15) is 19.0 Å². The molecular formula is C12H10FNO3. The number of alkyl halides is 1. The van der Waals surface area contributed by atoms with Gasteiger partial charge in [0, 0.05) is 5.39 Å². The Labute approximate surface area is 96.7 Å². The molecule has 4 nitrogen and oxygen atoms in total. The van der Waals surface area contributed by atoms with Crippen LogP contribution in [-0.2, 0) is 0 Å². The number of benzene rings is 1. The van der Waals surface area contributed by atoms with Crippen molar-refractivity contribution in [2.45, 2.75) is 0 Å². The average Bonchev–Trinajstić information content (AvgIpc) is 2.35. The first kappa shape index (κ1) is 11.3. The van der Waals surface area contributed by atoms with E-state index in [1.54, 1.807) is 12.1 Å². The van der Waals surface area contributed by atoms with Gasteiger partial charge in [-0.05, 0) is 24.3 Å². The molecule has 0 aliphatic carbocycles. The van der Waals surface area contributed by atoms with Crippen molar-refractivity contribution in [3.63, 3.8) is 0 Å². The Bertz CT molecular complexity index is 556. The maximum absolute atomic E-state index is 11.9. The first-order valence-corrected chi connectivity index (χ1v) is 5.02. The smallest absolute Gasteiger partial charge is 0.335 e. The van der Waals surface area contributed by atoms with Crippen LogP contribution in [0.2, 0.25) is 0 Å². The van der Waals surface area contributed by atoms with Gasteiger partial charge in [-0.3, -0.25) is 4.98 Å². The van der Waals surface area contributed by atoms with Gasteiger partial charge in [0.15, 0.2) is 0 Å². The summed E-state index contributed by atoms with van der Waals surface area (Å²) in [5.41, 5.74) is 0.851. The van der Waals surface area contributed by atoms with E-state index in [-0.39, 0.29) is 12.2 Å². The largest absolute Gasteiger partial charge is 0.489 e. The van der Waals surface area contributed by atoms with Gasteiger partial charge >= 0.3 is 5.97 Å². The molecule has 0 saturated heterocycles. The molecule has 1 heterocycles. The minimum absolute atomic E-state index is 0.0359. The SMILES string of the molecule is O=C(O)c1ccc2ncc(OCCF)cc2c1. The van der Waals surface area contributed by atoms with Crippen molar-refractivity contribution in [1.29, 1.82) is 0 Å². The summed E-state index contributed by atoms with van der Waals surface area (Å²) >= 11 is 0. The molecule has 0 unspecified atom stereocenters. The lowest BCUT2D eigenvalue weighted by Gasteiger charge is -2.05. The van der Waals surface area contributed by atoms with Crippen molar-refractivity contribution < 1.29 is 19.0 Å². The molecule has 2 aromatic rings. The molecule has 1 N–H and O–H groups in total. The van der Waals surface area contributed by atoms with Crippen LogP contribution >= 0.6 is 0 Å². The summed E-state index contributed by atoms with van der Waals surface area (Å²) in [5.74, 6) is -0.570. The van der Waals surface area contributed by atoms with Crippen LogP contribution in [0, 0.1) is 0 Å². The van der Waals surface area contributed by atoms with E-state index in [2.05, 4.69) is 4.98 Å². The van der Waals surface area contributed by atoms with E-state index in [0.29, 0.717) is 16.7 Å². The second-order valence-electron chi connectivity index (χ2n) is 3.42. The number of rotatable bonds is 4.